The summed E-state index contributed by atoms with van der Waals surface area (Å²) in [6.07, 6.45) is 3.62. The average molecular weight is 423 g/mol. The molecule has 30 heavy (non-hydrogen) atoms. The zero-order valence-corrected chi connectivity index (χ0v) is 17.3. The molecule has 0 aliphatic carbocycles. The van der Waals surface area contributed by atoms with Gasteiger partial charge in [-0.2, -0.15) is 0 Å². The number of aromatic nitrogens is 1. The monoisotopic (exact) mass is 422 g/mol. The molecule has 154 valence electrons. The molecule has 1 saturated heterocycles. The van der Waals surface area contributed by atoms with E-state index in [4.69, 9.17) is 16.3 Å². The Morgan fingerprint density at radius 1 is 0.967 bits per heavy atom. The second-order valence-corrected chi connectivity index (χ2v) is 7.51. The van der Waals surface area contributed by atoms with Crippen molar-refractivity contribution in [2.45, 2.75) is 6.54 Å². The van der Waals surface area contributed by atoms with Gasteiger partial charge in [0.2, 0.25) is 0 Å². The molecule has 1 fully saturated rings. The largest absolute Gasteiger partial charge is 0.456 e. The molecular weight excluding hydrogens is 400 g/mol. The van der Waals surface area contributed by atoms with Crippen molar-refractivity contribution >= 4 is 23.3 Å². The van der Waals surface area contributed by atoms with Gasteiger partial charge in [0, 0.05) is 50.8 Å². The molecule has 1 aliphatic rings. The SMILES string of the molecule is O=C(Nc1ccc(Oc2ccccc2Cl)cc1)N1CCN(Cc2ccncc2)CC1. The van der Waals surface area contributed by atoms with E-state index < -0.39 is 0 Å². The van der Waals surface area contributed by atoms with Gasteiger partial charge in [-0.15, -0.1) is 0 Å². The number of nitrogens with zero attached hydrogens (tertiary/aromatic N) is 3. The number of amides is 2. The molecular formula is C23H23ClN4O2. The van der Waals surface area contributed by atoms with E-state index in [1.54, 1.807) is 6.07 Å². The Hall–Kier alpha value is -3.09. The number of anilines is 1. The summed E-state index contributed by atoms with van der Waals surface area (Å²) in [6.45, 7) is 3.97. The van der Waals surface area contributed by atoms with Crippen LogP contribution in [0.3, 0.4) is 0 Å². The summed E-state index contributed by atoms with van der Waals surface area (Å²) in [7, 11) is 0. The molecule has 0 unspecified atom stereocenters. The summed E-state index contributed by atoms with van der Waals surface area (Å²) >= 11 is 6.12. The Bertz CT molecular complexity index is 974. The lowest BCUT2D eigenvalue weighted by molar-refractivity contribution is 0.143. The molecule has 1 aromatic heterocycles. The van der Waals surface area contributed by atoms with Crippen molar-refractivity contribution in [2.24, 2.45) is 0 Å². The van der Waals surface area contributed by atoms with Gasteiger partial charge >= 0.3 is 6.03 Å². The molecule has 4 rings (SSSR count). The van der Waals surface area contributed by atoms with E-state index in [1.165, 1.54) is 5.56 Å². The predicted molar refractivity (Wildman–Crippen MR) is 118 cm³/mol. The quantitative estimate of drug-likeness (QED) is 0.636. The summed E-state index contributed by atoms with van der Waals surface area (Å²) < 4.78 is 5.78. The van der Waals surface area contributed by atoms with Crippen molar-refractivity contribution in [1.82, 2.24) is 14.8 Å². The highest BCUT2D eigenvalue weighted by Gasteiger charge is 2.21. The maximum atomic E-state index is 12.6. The molecule has 0 saturated carbocycles. The molecule has 0 spiro atoms. The third kappa shape index (κ3) is 5.28. The van der Waals surface area contributed by atoms with Crippen molar-refractivity contribution < 1.29 is 9.53 Å². The topological polar surface area (TPSA) is 57.7 Å². The van der Waals surface area contributed by atoms with Gasteiger partial charge in [0.05, 0.1) is 5.02 Å². The van der Waals surface area contributed by atoms with E-state index in [9.17, 15) is 4.79 Å². The maximum Gasteiger partial charge on any atom is 0.321 e. The number of ether oxygens (including phenoxy) is 1. The van der Waals surface area contributed by atoms with Gasteiger partial charge in [-0.05, 0) is 54.1 Å². The summed E-state index contributed by atoms with van der Waals surface area (Å²) in [4.78, 5) is 20.8. The summed E-state index contributed by atoms with van der Waals surface area (Å²) in [6, 6.07) is 18.5. The van der Waals surface area contributed by atoms with Crippen LogP contribution < -0.4 is 10.1 Å². The molecule has 6 nitrogen and oxygen atoms in total. The highest BCUT2D eigenvalue weighted by molar-refractivity contribution is 6.32. The van der Waals surface area contributed by atoms with Gasteiger partial charge < -0.3 is 15.0 Å². The molecule has 0 bridgehead atoms. The second-order valence-electron chi connectivity index (χ2n) is 7.11. The van der Waals surface area contributed by atoms with Crippen LogP contribution in [0, 0.1) is 0 Å². The first-order valence-corrected chi connectivity index (χ1v) is 10.2. The first-order chi connectivity index (χ1) is 14.7. The Balaban J connectivity index is 1.26. The zero-order chi connectivity index (χ0) is 20.8. The Morgan fingerprint density at radius 2 is 1.67 bits per heavy atom. The smallest absolute Gasteiger partial charge is 0.321 e. The number of pyridine rings is 1. The lowest BCUT2D eigenvalue weighted by Crippen LogP contribution is -2.49. The number of halogens is 1. The second kappa shape index (κ2) is 9.61. The lowest BCUT2D eigenvalue weighted by atomic mass is 10.2. The fourth-order valence-corrected chi connectivity index (χ4v) is 3.49. The molecule has 2 heterocycles. The van der Waals surface area contributed by atoms with E-state index in [1.807, 2.05) is 71.9 Å². The van der Waals surface area contributed by atoms with E-state index in [-0.39, 0.29) is 6.03 Å². The van der Waals surface area contributed by atoms with Crippen LogP contribution in [0.15, 0.2) is 73.1 Å². The van der Waals surface area contributed by atoms with Crippen LogP contribution in [-0.2, 0) is 6.54 Å². The number of piperazine rings is 1. The minimum absolute atomic E-state index is 0.0849. The van der Waals surface area contributed by atoms with Crippen molar-refractivity contribution in [1.29, 1.82) is 0 Å². The van der Waals surface area contributed by atoms with Crippen LogP contribution in [0.1, 0.15) is 5.56 Å². The lowest BCUT2D eigenvalue weighted by Gasteiger charge is -2.34. The Kier molecular flexibility index (Phi) is 6.47. The molecule has 0 atom stereocenters. The predicted octanol–water partition coefficient (Wildman–Crippen LogP) is 4.88. The highest BCUT2D eigenvalue weighted by atomic mass is 35.5. The molecule has 2 aromatic carbocycles. The Labute approximate surface area is 181 Å². The van der Waals surface area contributed by atoms with E-state index in [0.29, 0.717) is 29.6 Å². The van der Waals surface area contributed by atoms with Gasteiger partial charge in [-0.25, -0.2) is 4.79 Å². The van der Waals surface area contributed by atoms with Crippen molar-refractivity contribution in [3.8, 4) is 11.5 Å². The molecule has 2 amide bonds. The number of rotatable bonds is 5. The third-order valence-corrected chi connectivity index (χ3v) is 5.30. The van der Waals surface area contributed by atoms with Crippen molar-refractivity contribution in [3.63, 3.8) is 0 Å². The number of hydrogen-bond acceptors (Lipinski definition) is 4. The van der Waals surface area contributed by atoms with Crippen LogP contribution in [-0.4, -0.2) is 47.0 Å². The van der Waals surface area contributed by atoms with Gasteiger partial charge in [-0.3, -0.25) is 9.88 Å². The maximum absolute atomic E-state index is 12.6. The normalized spacial score (nSPS) is 14.4. The van der Waals surface area contributed by atoms with E-state index in [2.05, 4.69) is 15.2 Å². The van der Waals surface area contributed by atoms with Crippen LogP contribution in [0.25, 0.3) is 0 Å². The van der Waals surface area contributed by atoms with Gasteiger partial charge in [0.1, 0.15) is 11.5 Å². The third-order valence-electron chi connectivity index (χ3n) is 4.99. The number of urea groups is 1. The number of hydrogen-bond donors (Lipinski definition) is 1. The molecule has 1 N–H and O–H groups in total. The minimum Gasteiger partial charge on any atom is -0.456 e. The Morgan fingerprint density at radius 3 is 2.37 bits per heavy atom. The minimum atomic E-state index is -0.0849. The van der Waals surface area contributed by atoms with Crippen molar-refractivity contribution in [2.75, 3.05) is 31.5 Å². The van der Waals surface area contributed by atoms with Crippen LogP contribution >= 0.6 is 11.6 Å². The number of para-hydroxylation sites is 1. The molecule has 0 radical (unpaired) electrons. The fourth-order valence-electron chi connectivity index (χ4n) is 3.32. The fraction of sp³-hybridized carbons (Fsp3) is 0.217. The number of benzene rings is 2. The van der Waals surface area contributed by atoms with Crippen LogP contribution in [0.5, 0.6) is 11.5 Å². The van der Waals surface area contributed by atoms with Gasteiger partial charge in [0.15, 0.2) is 0 Å². The van der Waals surface area contributed by atoms with Crippen LogP contribution in [0.2, 0.25) is 5.02 Å². The van der Waals surface area contributed by atoms with Crippen molar-refractivity contribution in [3.05, 3.63) is 83.6 Å². The van der Waals surface area contributed by atoms with E-state index in [0.717, 1.165) is 25.3 Å². The summed E-state index contributed by atoms with van der Waals surface area (Å²) in [5, 5.41) is 3.51. The van der Waals surface area contributed by atoms with Gasteiger partial charge in [0.25, 0.3) is 0 Å². The van der Waals surface area contributed by atoms with E-state index >= 15 is 0 Å². The number of carbonyl (C=O) groups is 1. The average Bonchev–Trinajstić information content (AvgIpc) is 2.78. The highest BCUT2D eigenvalue weighted by Crippen LogP contribution is 2.29. The molecule has 7 heteroatoms. The number of nitrogens with one attached hydrogen (secondary N) is 1. The first-order valence-electron chi connectivity index (χ1n) is 9.87. The number of carbonyl (C=O) groups excluding carboxylic acids is 1. The van der Waals surface area contributed by atoms with Gasteiger partial charge in [-0.1, -0.05) is 23.7 Å². The molecule has 1 aliphatic heterocycles. The first kappa shape index (κ1) is 20.2. The standard InChI is InChI=1S/C23H23ClN4O2/c24-21-3-1-2-4-22(21)30-20-7-5-19(6-8-20)26-23(29)28-15-13-27(14-16-28)17-18-9-11-25-12-10-18/h1-12H,13-17H2,(H,26,29). The molecule has 3 aromatic rings. The summed E-state index contributed by atoms with van der Waals surface area (Å²) in [5.41, 5.74) is 1.97. The van der Waals surface area contributed by atoms with Crippen LogP contribution in [0.4, 0.5) is 10.5 Å². The summed E-state index contributed by atoms with van der Waals surface area (Å²) in [5.74, 6) is 1.26. The zero-order valence-electron chi connectivity index (χ0n) is 16.5.